The minimum absolute atomic E-state index is 0.0503. The first-order valence-electron chi connectivity index (χ1n) is 9.11. The maximum atomic E-state index is 12.5. The van der Waals surface area contributed by atoms with E-state index in [0.29, 0.717) is 24.3 Å². The molecule has 0 aliphatic rings. The summed E-state index contributed by atoms with van der Waals surface area (Å²) in [6, 6.07) is 13.8. The molecule has 0 bridgehead atoms. The lowest BCUT2D eigenvalue weighted by atomic mass is 9.87. The zero-order valence-electron chi connectivity index (χ0n) is 16.6. The molecule has 0 heterocycles. The van der Waals surface area contributed by atoms with Gasteiger partial charge in [0, 0.05) is 24.3 Å². The number of hydrogen-bond donors (Lipinski definition) is 1. The van der Waals surface area contributed by atoms with Crippen molar-refractivity contribution in [3.05, 3.63) is 59.7 Å². The Morgan fingerprint density at radius 1 is 0.926 bits per heavy atom. The van der Waals surface area contributed by atoms with Crippen LogP contribution in [0.1, 0.15) is 50.5 Å². The van der Waals surface area contributed by atoms with Gasteiger partial charge in [0.2, 0.25) is 10.0 Å². The number of benzene rings is 2. The predicted octanol–water partition coefficient (Wildman–Crippen LogP) is 4.27. The van der Waals surface area contributed by atoms with Crippen molar-refractivity contribution in [1.29, 1.82) is 0 Å². The molecule has 2 aromatic carbocycles. The van der Waals surface area contributed by atoms with Gasteiger partial charge in [0.25, 0.3) is 5.91 Å². The summed E-state index contributed by atoms with van der Waals surface area (Å²) in [4.78, 5) is 12.6. The Morgan fingerprint density at radius 2 is 1.44 bits per heavy atom. The van der Waals surface area contributed by atoms with Crippen molar-refractivity contribution < 1.29 is 13.2 Å². The van der Waals surface area contributed by atoms with Crippen LogP contribution in [-0.4, -0.2) is 31.7 Å². The maximum Gasteiger partial charge on any atom is 0.255 e. The molecule has 5 nitrogen and oxygen atoms in total. The number of amides is 1. The van der Waals surface area contributed by atoms with Crippen molar-refractivity contribution >= 4 is 21.6 Å². The third-order valence-electron chi connectivity index (χ3n) is 4.47. The normalized spacial score (nSPS) is 12.2. The largest absolute Gasteiger partial charge is 0.322 e. The lowest BCUT2D eigenvalue weighted by molar-refractivity contribution is 0.102. The van der Waals surface area contributed by atoms with Crippen LogP contribution in [0.15, 0.2) is 53.4 Å². The number of nitrogens with one attached hydrogen (secondary N) is 1. The lowest BCUT2D eigenvalue weighted by Gasteiger charge is -2.19. The molecule has 0 atom stereocenters. The average molecular weight is 389 g/mol. The highest BCUT2D eigenvalue weighted by atomic mass is 32.2. The Kier molecular flexibility index (Phi) is 6.44. The third-order valence-corrected chi connectivity index (χ3v) is 6.53. The Hall–Kier alpha value is -2.18. The van der Waals surface area contributed by atoms with Gasteiger partial charge in [-0.05, 0) is 47.4 Å². The second-order valence-corrected chi connectivity index (χ2v) is 9.33. The van der Waals surface area contributed by atoms with E-state index >= 15 is 0 Å². The number of nitrogens with zero attached hydrogens (tertiary/aromatic N) is 1. The van der Waals surface area contributed by atoms with E-state index in [-0.39, 0.29) is 16.2 Å². The number of anilines is 1. The van der Waals surface area contributed by atoms with Crippen molar-refractivity contribution in [3.63, 3.8) is 0 Å². The molecule has 0 saturated carbocycles. The van der Waals surface area contributed by atoms with E-state index in [0.717, 1.165) is 0 Å². The molecule has 27 heavy (non-hydrogen) atoms. The number of rotatable bonds is 6. The molecular weight excluding hydrogens is 360 g/mol. The molecule has 6 heteroatoms. The monoisotopic (exact) mass is 388 g/mol. The van der Waals surface area contributed by atoms with Gasteiger partial charge >= 0.3 is 0 Å². The summed E-state index contributed by atoms with van der Waals surface area (Å²) in [6.07, 6.45) is 0. The summed E-state index contributed by atoms with van der Waals surface area (Å²) in [7, 11) is -3.52. The quantitative estimate of drug-likeness (QED) is 0.804. The smallest absolute Gasteiger partial charge is 0.255 e. The second-order valence-electron chi connectivity index (χ2n) is 7.40. The lowest BCUT2D eigenvalue weighted by Crippen LogP contribution is -2.30. The summed E-state index contributed by atoms with van der Waals surface area (Å²) in [6.45, 7) is 10.8. The highest BCUT2D eigenvalue weighted by Crippen LogP contribution is 2.24. The first-order valence-corrected chi connectivity index (χ1v) is 10.6. The maximum absolute atomic E-state index is 12.5. The highest BCUT2D eigenvalue weighted by Gasteiger charge is 2.21. The fourth-order valence-electron chi connectivity index (χ4n) is 2.75. The molecule has 0 aromatic heterocycles. The van der Waals surface area contributed by atoms with Gasteiger partial charge in [0.1, 0.15) is 0 Å². The van der Waals surface area contributed by atoms with Gasteiger partial charge in [-0.15, -0.1) is 0 Å². The number of carbonyl (C=O) groups excluding carboxylic acids is 1. The Balaban J connectivity index is 2.14. The topological polar surface area (TPSA) is 66.5 Å². The zero-order chi connectivity index (χ0) is 20.2. The van der Waals surface area contributed by atoms with Gasteiger partial charge in [-0.2, -0.15) is 4.31 Å². The molecule has 0 radical (unpaired) electrons. The summed E-state index contributed by atoms with van der Waals surface area (Å²) in [5.74, 6) is -0.273. The van der Waals surface area contributed by atoms with Crippen LogP contribution >= 0.6 is 0 Å². The van der Waals surface area contributed by atoms with E-state index in [1.165, 1.54) is 34.1 Å². The van der Waals surface area contributed by atoms with Crippen LogP contribution in [0.2, 0.25) is 0 Å². The SMILES string of the molecule is CCN(CC)S(=O)(=O)c1ccc(C(=O)Nc2ccc(C(C)(C)C)cc2)cc1. The van der Waals surface area contributed by atoms with Gasteiger partial charge in [-0.25, -0.2) is 8.42 Å². The van der Waals surface area contributed by atoms with Crippen molar-refractivity contribution in [2.75, 3.05) is 18.4 Å². The van der Waals surface area contributed by atoms with Crippen LogP contribution in [0.25, 0.3) is 0 Å². The van der Waals surface area contributed by atoms with E-state index in [1.54, 1.807) is 13.8 Å². The van der Waals surface area contributed by atoms with Gasteiger partial charge < -0.3 is 5.32 Å². The molecule has 2 aromatic rings. The minimum atomic E-state index is -3.52. The van der Waals surface area contributed by atoms with Crippen LogP contribution in [0, 0.1) is 0 Å². The third kappa shape index (κ3) is 4.96. The summed E-state index contributed by atoms with van der Waals surface area (Å²) in [5.41, 5.74) is 2.35. The molecule has 2 rings (SSSR count). The fraction of sp³-hybridized carbons (Fsp3) is 0.381. The molecule has 0 aliphatic heterocycles. The Bertz CT molecular complexity index is 877. The molecular formula is C21H28N2O3S. The van der Waals surface area contributed by atoms with E-state index in [9.17, 15) is 13.2 Å². The number of sulfonamides is 1. The fourth-order valence-corrected chi connectivity index (χ4v) is 4.21. The van der Waals surface area contributed by atoms with Gasteiger partial charge in [-0.3, -0.25) is 4.79 Å². The van der Waals surface area contributed by atoms with Crippen LogP contribution in [0.3, 0.4) is 0 Å². The van der Waals surface area contributed by atoms with E-state index in [2.05, 4.69) is 26.1 Å². The van der Waals surface area contributed by atoms with Crippen LogP contribution in [-0.2, 0) is 15.4 Å². The second kappa shape index (κ2) is 8.23. The zero-order valence-corrected chi connectivity index (χ0v) is 17.4. The number of carbonyl (C=O) groups is 1. The molecule has 0 fully saturated rings. The Labute approximate surface area is 162 Å². The van der Waals surface area contributed by atoms with Crippen LogP contribution in [0.4, 0.5) is 5.69 Å². The number of hydrogen-bond acceptors (Lipinski definition) is 3. The standard InChI is InChI=1S/C21H28N2O3S/c1-6-23(7-2)27(25,26)19-14-8-16(9-15-19)20(24)22-18-12-10-17(11-13-18)21(3,4)5/h8-15H,6-7H2,1-5H3,(H,22,24). The van der Waals surface area contributed by atoms with Crippen LogP contribution in [0.5, 0.6) is 0 Å². The first-order chi connectivity index (χ1) is 12.6. The highest BCUT2D eigenvalue weighted by molar-refractivity contribution is 7.89. The predicted molar refractivity (Wildman–Crippen MR) is 110 cm³/mol. The molecule has 0 spiro atoms. The summed E-state index contributed by atoms with van der Waals surface area (Å²) >= 11 is 0. The van der Waals surface area contributed by atoms with Crippen LogP contribution < -0.4 is 5.32 Å². The molecule has 1 N–H and O–H groups in total. The van der Waals surface area contributed by atoms with Gasteiger partial charge in [-0.1, -0.05) is 46.8 Å². The summed E-state index contributed by atoms with van der Waals surface area (Å²) in [5, 5.41) is 2.84. The average Bonchev–Trinajstić information content (AvgIpc) is 2.62. The van der Waals surface area contributed by atoms with Gasteiger partial charge in [0.05, 0.1) is 4.90 Å². The minimum Gasteiger partial charge on any atom is -0.322 e. The van der Waals surface area contributed by atoms with Crippen molar-refractivity contribution in [2.24, 2.45) is 0 Å². The molecule has 0 aliphatic carbocycles. The molecule has 0 unspecified atom stereocenters. The van der Waals surface area contributed by atoms with Crippen molar-refractivity contribution in [2.45, 2.75) is 44.9 Å². The van der Waals surface area contributed by atoms with Crippen molar-refractivity contribution in [1.82, 2.24) is 4.31 Å². The van der Waals surface area contributed by atoms with Crippen molar-refractivity contribution in [3.8, 4) is 0 Å². The Morgan fingerprint density at radius 3 is 1.89 bits per heavy atom. The summed E-state index contributed by atoms with van der Waals surface area (Å²) < 4.78 is 26.4. The first kappa shape index (κ1) is 21.1. The molecule has 1 amide bonds. The van der Waals surface area contributed by atoms with E-state index in [4.69, 9.17) is 0 Å². The molecule has 0 saturated heterocycles. The van der Waals surface area contributed by atoms with Gasteiger partial charge in [0.15, 0.2) is 0 Å². The van der Waals surface area contributed by atoms with E-state index in [1.807, 2.05) is 24.3 Å². The van der Waals surface area contributed by atoms with E-state index < -0.39 is 10.0 Å². The molecule has 146 valence electrons.